The van der Waals surface area contributed by atoms with Crippen LogP contribution in [0.1, 0.15) is 11.1 Å². The summed E-state index contributed by atoms with van der Waals surface area (Å²) in [5.74, 6) is 0. The van der Waals surface area contributed by atoms with Crippen molar-refractivity contribution in [3.8, 4) is 0 Å². The molecule has 206 valence electrons. The van der Waals surface area contributed by atoms with Crippen molar-refractivity contribution in [2.24, 2.45) is 0 Å². The molecule has 38 heavy (non-hydrogen) atoms. The van der Waals surface area contributed by atoms with E-state index in [0.717, 1.165) is 14.7 Å². The summed E-state index contributed by atoms with van der Waals surface area (Å²) in [5, 5.41) is 0. The molecule has 0 saturated heterocycles. The van der Waals surface area contributed by atoms with Crippen LogP contribution in [0.4, 0.5) is 0 Å². The van der Waals surface area contributed by atoms with Crippen LogP contribution in [-0.2, 0) is 22.7 Å². The Morgan fingerprint density at radius 3 is 1.50 bits per heavy atom. The van der Waals surface area contributed by atoms with Gasteiger partial charge in [0.1, 0.15) is 10.1 Å². The Balaban J connectivity index is 0.000000224. The third-order valence-electron chi connectivity index (χ3n) is 4.51. The zero-order valence-corrected chi connectivity index (χ0v) is 26.3. The van der Waals surface area contributed by atoms with Crippen LogP contribution >= 0.6 is 20.6 Å². The van der Waals surface area contributed by atoms with Gasteiger partial charge in [-0.2, -0.15) is 0 Å². The summed E-state index contributed by atoms with van der Waals surface area (Å²) >= 11 is -3.83. The van der Waals surface area contributed by atoms with Gasteiger partial charge in [0.05, 0.1) is 4.90 Å². The average Bonchev–Trinajstić information content (AvgIpc) is 2.90. The van der Waals surface area contributed by atoms with E-state index >= 15 is 0 Å². The molecule has 0 atom stereocenters. The van der Waals surface area contributed by atoms with E-state index in [1.54, 1.807) is 54.6 Å². The maximum atomic E-state index is 12.0. The number of benzene rings is 4. The molecule has 0 aliphatic rings. The predicted octanol–water partition coefficient (Wildman–Crippen LogP) is 1.65. The fourth-order valence-corrected chi connectivity index (χ4v) is 8.15. The van der Waals surface area contributed by atoms with E-state index in [1.165, 1.54) is 24.3 Å². The molecule has 0 spiro atoms. The molecule has 2 N–H and O–H groups in total. The molecule has 0 heterocycles. The summed E-state index contributed by atoms with van der Waals surface area (Å²) < 4.78 is 80.3. The van der Waals surface area contributed by atoms with Gasteiger partial charge in [0.15, 0.2) is 0 Å². The predicted molar refractivity (Wildman–Crippen MR) is 147 cm³/mol. The number of halogens is 2. The monoisotopic (exact) mass is 784 g/mol. The second kappa shape index (κ2) is 15.6. The summed E-state index contributed by atoms with van der Waals surface area (Å²) in [5.41, 5.74) is 1.89. The molecule has 0 fully saturated rings. The van der Waals surface area contributed by atoms with Gasteiger partial charge in [-0.1, -0.05) is 17.7 Å². The van der Waals surface area contributed by atoms with Crippen molar-refractivity contribution in [2.45, 2.75) is 23.6 Å². The van der Waals surface area contributed by atoms with Gasteiger partial charge in [-0.3, -0.25) is 0 Å². The Kier molecular flexibility index (Phi) is 13.3. The molecule has 0 aromatic heterocycles. The van der Waals surface area contributed by atoms with Gasteiger partial charge in [0.2, 0.25) is 0 Å². The molecule has 0 amide bonds. The van der Waals surface area contributed by atoms with E-state index in [1.807, 2.05) is 44.2 Å². The Morgan fingerprint density at radius 2 is 1.11 bits per heavy atom. The van der Waals surface area contributed by atoms with Gasteiger partial charge in [-0.05, 0) is 19.1 Å². The first-order valence-electron chi connectivity index (χ1n) is 10.7. The van der Waals surface area contributed by atoms with Crippen LogP contribution in [-0.4, -0.2) is 28.3 Å². The Bertz CT molecular complexity index is 1460. The van der Waals surface area contributed by atoms with E-state index in [0.29, 0.717) is 3.57 Å². The van der Waals surface area contributed by atoms with Crippen LogP contribution in [0, 0.1) is 21.0 Å². The standard InChI is InChI=1S/C13H13IO4S.C7H8O3S.C6H6IO/c1-11-7-9-13(10-8-11)19(16,17)18-14(15)12-5-3-2-4-6-12;1-6-2-4-7(5-3-6)11(8,9)10;8-7-6-4-2-1-3-5-6/h2-10,15H,1H3;2-5H,1H3,(H,8,9,10);1-5,8H/q;;-1/p-1. The number of hydrogen-bond donors (Lipinski definition) is 2. The molecule has 12 heteroatoms. The fourth-order valence-electron chi connectivity index (χ4n) is 2.55. The van der Waals surface area contributed by atoms with E-state index in [2.05, 4.69) is 0 Å². The number of aryl methyl sites for hydroxylation is 2. The van der Waals surface area contributed by atoms with Crippen LogP contribution in [0.5, 0.6) is 0 Å². The molecule has 0 aliphatic heterocycles. The third-order valence-corrected chi connectivity index (χ3v) is 12.0. The van der Waals surface area contributed by atoms with E-state index < -0.39 is 62.5 Å². The molecule has 0 saturated carbocycles. The average molecular weight is 784 g/mol. The van der Waals surface area contributed by atoms with E-state index in [-0.39, 0.29) is 9.79 Å². The minimum atomic E-state index is -4.27. The molecule has 0 aliphatic carbocycles. The number of hydrogen-bond acceptors (Lipinski definition) is 8. The first-order valence-corrected chi connectivity index (χ1v) is 18.5. The Labute approximate surface area is 242 Å². The van der Waals surface area contributed by atoms with E-state index in [4.69, 9.17) is 5.95 Å². The molecule has 0 bridgehead atoms. The molecule has 8 nitrogen and oxygen atoms in total. The van der Waals surface area contributed by atoms with Crippen molar-refractivity contribution < 1.29 is 52.4 Å². The first-order chi connectivity index (χ1) is 17.9. The van der Waals surface area contributed by atoms with Crippen molar-refractivity contribution in [3.63, 3.8) is 0 Å². The molecular formula is C26H26I2O8S2-2. The molecule has 0 radical (unpaired) electrons. The van der Waals surface area contributed by atoms with Gasteiger partial charge >= 0.3 is 180 Å². The second-order valence-corrected chi connectivity index (χ2v) is 15.8. The third kappa shape index (κ3) is 11.4. The second-order valence-electron chi connectivity index (χ2n) is 7.50. The molecule has 4 aromatic carbocycles. The van der Waals surface area contributed by atoms with Gasteiger partial charge in [-0.15, -0.1) is 0 Å². The summed E-state index contributed by atoms with van der Waals surface area (Å²) in [6, 6.07) is 30.4. The van der Waals surface area contributed by atoms with Gasteiger partial charge in [0, 0.05) is 0 Å². The van der Waals surface area contributed by atoms with Gasteiger partial charge < -0.3 is 4.55 Å². The van der Waals surface area contributed by atoms with Crippen LogP contribution in [0.15, 0.2) is 119 Å². The SMILES string of the molecule is Cc1ccc(S(=O)(=O)OI(O)c2ccccc2)cc1.Cc1ccc(S(=O)(=O)[O-])cc1.O[I-]c1ccccc1. The van der Waals surface area contributed by atoms with Gasteiger partial charge in [-0.25, -0.2) is 8.42 Å². The minimum absolute atomic E-state index is 0.0605. The Morgan fingerprint density at radius 1 is 0.684 bits per heavy atom. The maximum absolute atomic E-state index is 12.0. The van der Waals surface area contributed by atoms with Crippen LogP contribution in [0.25, 0.3) is 0 Å². The zero-order chi connectivity index (χ0) is 28.2. The molecule has 0 unspecified atom stereocenters. The van der Waals surface area contributed by atoms with Crippen molar-refractivity contribution in [2.75, 3.05) is 0 Å². The summed E-state index contributed by atoms with van der Waals surface area (Å²) in [7, 11) is -8.17. The van der Waals surface area contributed by atoms with Crippen molar-refractivity contribution in [1.82, 2.24) is 0 Å². The quantitative estimate of drug-likeness (QED) is 0.223. The topological polar surface area (TPSA) is 141 Å². The fraction of sp³-hybridized carbons (Fsp3) is 0.0769. The van der Waals surface area contributed by atoms with Gasteiger partial charge in [0.25, 0.3) is 0 Å². The van der Waals surface area contributed by atoms with E-state index in [9.17, 15) is 24.8 Å². The van der Waals surface area contributed by atoms with Crippen LogP contribution in [0.2, 0.25) is 0 Å². The zero-order valence-electron chi connectivity index (χ0n) is 20.3. The summed E-state index contributed by atoms with van der Waals surface area (Å²) in [6.45, 7) is 3.69. The van der Waals surface area contributed by atoms with Crippen LogP contribution < -0.4 is 21.6 Å². The Hall–Kier alpha value is -1.92. The molecule has 4 rings (SSSR count). The van der Waals surface area contributed by atoms with Crippen molar-refractivity contribution in [3.05, 3.63) is 127 Å². The van der Waals surface area contributed by atoms with Crippen molar-refractivity contribution in [1.29, 1.82) is 0 Å². The summed E-state index contributed by atoms with van der Waals surface area (Å²) in [6.07, 6.45) is 0. The van der Waals surface area contributed by atoms with Crippen molar-refractivity contribution >= 4 is 40.9 Å². The number of rotatable bonds is 6. The van der Waals surface area contributed by atoms with Crippen LogP contribution in [0.3, 0.4) is 0 Å². The molecular weight excluding hydrogens is 758 g/mol. The summed E-state index contributed by atoms with van der Waals surface area (Å²) in [4.78, 5) is -0.117. The first kappa shape index (κ1) is 32.3. The molecule has 4 aromatic rings. The normalized spacial score (nSPS) is 11.4.